The number of nitrogens with one attached hydrogen (secondary N) is 1. The highest BCUT2D eigenvalue weighted by Gasteiger charge is 2.19. The highest BCUT2D eigenvalue weighted by Crippen LogP contribution is 2.12. The smallest absolute Gasteiger partial charge is 0.303 e. The highest BCUT2D eigenvalue weighted by atomic mass is 16.4. The molecule has 1 amide bonds. The standard InChI is InChI=1S/C20H37NO4/c1-4-5-6-7-8-9-10-11-12-18(22)20(25)21-17(15-16(2)3)13-14-19(23)24/h16-17H,4-15H2,1-3H3,(H,21,25)(H,23,24)/t17-/m1/s1. The van der Waals surface area contributed by atoms with E-state index >= 15 is 0 Å². The fraction of sp³-hybridized carbons (Fsp3) is 0.850. The normalized spacial score (nSPS) is 12.2. The van der Waals surface area contributed by atoms with Crippen molar-refractivity contribution in [2.75, 3.05) is 0 Å². The van der Waals surface area contributed by atoms with Gasteiger partial charge in [0, 0.05) is 18.9 Å². The van der Waals surface area contributed by atoms with Gasteiger partial charge in [0.05, 0.1) is 0 Å². The SMILES string of the molecule is CCCCCCCCCCC(=O)C(=O)N[C@H](CCC(=O)O)CC(C)C. The second kappa shape index (κ2) is 14.9. The number of carboxylic acid groups (broad SMARTS) is 1. The summed E-state index contributed by atoms with van der Waals surface area (Å²) in [5.74, 6) is -1.48. The zero-order valence-electron chi connectivity index (χ0n) is 16.3. The van der Waals surface area contributed by atoms with Crippen LogP contribution in [0.3, 0.4) is 0 Å². The van der Waals surface area contributed by atoms with Crippen molar-refractivity contribution in [1.82, 2.24) is 5.32 Å². The molecule has 0 aromatic heterocycles. The van der Waals surface area contributed by atoms with E-state index in [2.05, 4.69) is 12.2 Å². The number of ketones is 1. The molecule has 146 valence electrons. The third-order valence-corrected chi connectivity index (χ3v) is 4.31. The van der Waals surface area contributed by atoms with Crippen molar-refractivity contribution in [1.29, 1.82) is 0 Å². The lowest BCUT2D eigenvalue weighted by atomic mass is 9.99. The Bertz CT molecular complexity index is 393. The molecular formula is C20H37NO4. The van der Waals surface area contributed by atoms with E-state index in [1.807, 2.05) is 13.8 Å². The predicted octanol–water partition coefficient (Wildman–Crippen LogP) is 4.48. The molecule has 0 aromatic carbocycles. The summed E-state index contributed by atoms with van der Waals surface area (Å²) in [5, 5.41) is 11.5. The van der Waals surface area contributed by atoms with Crippen molar-refractivity contribution < 1.29 is 19.5 Å². The van der Waals surface area contributed by atoms with Gasteiger partial charge in [0.1, 0.15) is 0 Å². The number of aliphatic carboxylic acids is 1. The number of carboxylic acids is 1. The summed E-state index contributed by atoms with van der Waals surface area (Å²) in [5.41, 5.74) is 0. The molecule has 0 fully saturated rings. The van der Waals surface area contributed by atoms with Gasteiger partial charge in [0.15, 0.2) is 0 Å². The van der Waals surface area contributed by atoms with Crippen LogP contribution in [0.5, 0.6) is 0 Å². The fourth-order valence-corrected chi connectivity index (χ4v) is 2.91. The lowest BCUT2D eigenvalue weighted by Gasteiger charge is -2.19. The van der Waals surface area contributed by atoms with Gasteiger partial charge in [0.2, 0.25) is 5.78 Å². The molecule has 0 saturated heterocycles. The van der Waals surface area contributed by atoms with Gasteiger partial charge >= 0.3 is 5.97 Å². The molecule has 0 bridgehead atoms. The van der Waals surface area contributed by atoms with Crippen LogP contribution in [-0.4, -0.2) is 28.8 Å². The lowest BCUT2D eigenvalue weighted by molar-refractivity contribution is -0.139. The van der Waals surface area contributed by atoms with Gasteiger partial charge in [-0.2, -0.15) is 0 Å². The molecule has 25 heavy (non-hydrogen) atoms. The molecule has 0 aliphatic carbocycles. The minimum Gasteiger partial charge on any atom is -0.481 e. The quantitative estimate of drug-likeness (QED) is 0.316. The Hall–Kier alpha value is -1.39. The van der Waals surface area contributed by atoms with E-state index in [-0.39, 0.29) is 24.7 Å². The van der Waals surface area contributed by atoms with Crippen molar-refractivity contribution in [2.45, 2.75) is 104 Å². The maximum Gasteiger partial charge on any atom is 0.303 e. The molecule has 5 nitrogen and oxygen atoms in total. The summed E-state index contributed by atoms with van der Waals surface area (Å²) in [6, 6.07) is -0.244. The number of rotatable bonds is 16. The molecule has 0 saturated carbocycles. The molecule has 0 radical (unpaired) electrons. The van der Waals surface area contributed by atoms with Gasteiger partial charge in [-0.1, -0.05) is 65.7 Å². The summed E-state index contributed by atoms with van der Waals surface area (Å²) in [6.07, 6.45) is 10.5. The van der Waals surface area contributed by atoms with Crippen LogP contribution in [0.2, 0.25) is 0 Å². The van der Waals surface area contributed by atoms with E-state index in [9.17, 15) is 14.4 Å². The van der Waals surface area contributed by atoms with E-state index in [0.29, 0.717) is 18.8 Å². The molecule has 0 aliphatic heterocycles. The van der Waals surface area contributed by atoms with Crippen molar-refractivity contribution >= 4 is 17.7 Å². The predicted molar refractivity (Wildman–Crippen MR) is 100 cm³/mol. The van der Waals surface area contributed by atoms with Gasteiger partial charge in [-0.3, -0.25) is 14.4 Å². The van der Waals surface area contributed by atoms with Crippen LogP contribution in [0, 0.1) is 5.92 Å². The second-order valence-corrected chi connectivity index (χ2v) is 7.38. The van der Waals surface area contributed by atoms with E-state index in [4.69, 9.17) is 5.11 Å². The lowest BCUT2D eigenvalue weighted by Crippen LogP contribution is -2.40. The van der Waals surface area contributed by atoms with Crippen LogP contribution in [-0.2, 0) is 14.4 Å². The number of carbonyl (C=O) groups excluding carboxylic acids is 2. The Morgan fingerprint density at radius 1 is 0.880 bits per heavy atom. The molecule has 1 atom stereocenters. The largest absolute Gasteiger partial charge is 0.481 e. The van der Waals surface area contributed by atoms with Gasteiger partial charge in [-0.15, -0.1) is 0 Å². The zero-order valence-corrected chi connectivity index (χ0v) is 16.3. The third kappa shape index (κ3) is 14.6. The summed E-state index contributed by atoms with van der Waals surface area (Å²) in [4.78, 5) is 34.7. The number of carbonyl (C=O) groups is 3. The maximum atomic E-state index is 12.0. The number of amides is 1. The molecule has 0 aliphatic rings. The van der Waals surface area contributed by atoms with Crippen molar-refractivity contribution in [2.24, 2.45) is 5.92 Å². The molecular weight excluding hydrogens is 318 g/mol. The second-order valence-electron chi connectivity index (χ2n) is 7.38. The van der Waals surface area contributed by atoms with Crippen LogP contribution in [0.25, 0.3) is 0 Å². The van der Waals surface area contributed by atoms with Crippen LogP contribution < -0.4 is 5.32 Å². The average molecular weight is 356 g/mol. The first kappa shape index (κ1) is 23.6. The van der Waals surface area contributed by atoms with E-state index in [1.165, 1.54) is 32.1 Å². The van der Waals surface area contributed by atoms with Gasteiger partial charge in [0.25, 0.3) is 5.91 Å². The maximum absolute atomic E-state index is 12.0. The number of unbranched alkanes of at least 4 members (excludes halogenated alkanes) is 7. The topological polar surface area (TPSA) is 83.5 Å². The van der Waals surface area contributed by atoms with Gasteiger partial charge in [-0.25, -0.2) is 0 Å². The Morgan fingerprint density at radius 3 is 1.96 bits per heavy atom. The van der Waals surface area contributed by atoms with Crippen LogP contribution >= 0.6 is 0 Å². The molecule has 0 heterocycles. The Balaban J connectivity index is 3.99. The molecule has 0 spiro atoms. The molecule has 0 rings (SSSR count). The Labute approximate surface area is 153 Å². The minimum absolute atomic E-state index is 0.00386. The number of Topliss-reactive ketones (excluding diaryl/α,β-unsaturated/α-hetero) is 1. The Kier molecular flexibility index (Phi) is 14.1. The third-order valence-electron chi connectivity index (χ3n) is 4.31. The zero-order chi connectivity index (χ0) is 19.1. The highest BCUT2D eigenvalue weighted by molar-refractivity contribution is 6.36. The summed E-state index contributed by atoms with van der Waals surface area (Å²) in [7, 11) is 0. The number of hydrogen-bond donors (Lipinski definition) is 2. The molecule has 0 unspecified atom stereocenters. The summed E-state index contributed by atoms with van der Waals surface area (Å²) >= 11 is 0. The molecule has 5 heteroatoms. The first-order chi connectivity index (χ1) is 11.9. The fourth-order valence-electron chi connectivity index (χ4n) is 2.91. The Morgan fingerprint density at radius 2 is 1.44 bits per heavy atom. The van der Waals surface area contributed by atoms with Crippen molar-refractivity contribution in [3.05, 3.63) is 0 Å². The van der Waals surface area contributed by atoms with E-state index in [1.54, 1.807) is 0 Å². The molecule has 2 N–H and O–H groups in total. The number of hydrogen-bond acceptors (Lipinski definition) is 3. The minimum atomic E-state index is -0.881. The first-order valence-electron chi connectivity index (χ1n) is 9.92. The summed E-state index contributed by atoms with van der Waals surface area (Å²) in [6.45, 7) is 6.23. The molecule has 0 aromatic rings. The summed E-state index contributed by atoms with van der Waals surface area (Å²) < 4.78 is 0. The first-order valence-corrected chi connectivity index (χ1v) is 9.92. The van der Waals surface area contributed by atoms with E-state index in [0.717, 1.165) is 19.3 Å². The van der Waals surface area contributed by atoms with Crippen LogP contribution in [0.4, 0.5) is 0 Å². The van der Waals surface area contributed by atoms with Crippen LogP contribution in [0.15, 0.2) is 0 Å². The monoisotopic (exact) mass is 355 g/mol. The van der Waals surface area contributed by atoms with Crippen molar-refractivity contribution in [3.8, 4) is 0 Å². The van der Waals surface area contributed by atoms with Crippen molar-refractivity contribution in [3.63, 3.8) is 0 Å². The average Bonchev–Trinajstić information content (AvgIpc) is 2.54. The van der Waals surface area contributed by atoms with E-state index < -0.39 is 11.9 Å². The van der Waals surface area contributed by atoms with Gasteiger partial charge in [-0.05, 0) is 25.2 Å². The van der Waals surface area contributed by atoms with Crippen LogP contribution in [0.1, 0.15) is 97.8 Å². The van der Waals surface area contributed by atoms with Gasteiger partial charge < -0.3 is 10.4 Å².